The maximum Gasteiger partial charge on any atom is 0.416 e. The molecule has 3 aromatic rings. The van der Waals surface area contributed by atoms with Crippen molar-refractivity contribution in [2.45, 2.75) is 45.0 Å². The van der Waals surface area contributed by atoms with E-state index in [2.05, 4.69) is 10.6 Å². The molecule has 1 aliphatic heterocycles. The van der Waals surface area contributed by atoms with Crippen LogP contribution in [0.2, 0.25) is 0 Å². The largest absolute Gasteiger partial charge is 0.444 e. The van der Waals surface area contributed by atoms with Crippen molar-refractivity contribution in [1.82, 2.24) is 19.1 Å². The molecule has 0 bridgehead atoms. The number of sulfonamides is 1. The van der Waals surface area contributed by atoms with E-state index in [1.165, 1.54) is 44.2 Å². The SMILES string of the molecule is CN/C(=C\C(=N)Oc1ccc2c(ccn2C(=O)Nc2cccc(C(F)(F)F)c2)c1)CN(C1CCN(C(=O)OC(C)(C)C)C1)S(C)(=O)=O. The third-order valence-corrected chi connectivity index (χ3v) is 8.43. The van der Waals surface area contributed by atoms with Gasteiger partial charge in [-0.3, -0.25) is 9.98 Å². The van der Waals surface area contributed by atoms with Crippen LogP contribution in [0.1, 0.15) is 32.8 Å². The van der Waals surface area contributed by atoms with Crippen molar-refractivity contribution >= 4 is 44.6 Å². The third kappa shape index (κ3) is 9.25. The molecule has 0 radical (unpaired) electrons. The van der Waals surface area contributed by atoms with E-state index < -0.39 is 45.5 Å². The first kappa shape index (κ1) is 35.3. The molecule has 2 amide bonds. The van der Waals surface area contributed by atoms with Gasteiger partial charge in [-0.25, -0.2) is 18.0 Å². The predicted molar refractivity (Wildman–Crippen MR) is 171 cm³/mol. The lowest BCUT2D eigenvalue weighted by molar-refractivity contribution is -0.137. The fraction of sp³-hybridized carbons (Fsp3) is 0.387. The van der Waals surface area contributed by atoms with E-state index in [0.29, 0.717) is 29.6 Å². The van der Waals surface area contributed by atoms with Gasteiger partial charge in [-0.15, -0.1) is 0 Å². The van der Waals surface area contributed by atoms with Crippen molar-refractivity contribution < 1.29 is 40.7 Å². The van der Waals surface area contributed by atoms with E-state index in [-0.39, 0.29) is 30.4 Å². The predicted octanol–water partition coefficient (Wildman–Crippen LogP) is 5.47. The Labute approximate surface area is 270 Å². The minimum atomic E-state index is -4.55. The van der Waals surface area contributed by atoms with Crippen molar-refractivity contribution in [1.29, 1.82) is 5.41 Å². The van der Waals surface area contributed by atoms with Crippen molar-refractivity contribution in [3.63, 3.8) is 0 Å². The summed E-state index contributed by atoms with van der Waals surface area (Å²) in [6.45, 7) is 5.65. The molecule has 0 spiro atoms. The number of aromatic nitrogens is 1. The van der Waals surface area contributed by atoms with Crippen LogP contribution in [0.4, 0.5) is 28.4 Å². The van der Waals surface area contributed by atoms with Gasteiger partial charge >= 0.3 is 18.3 Å². The van der Waals surface area contributed by atoms with Gasteiger partial charge in [0.1, 0.15) is 11.4 Å². The maximum atomic E-state index is 13.1. The number of rotatable bonds is 8. The summed E-state index contributed by atoms with van der Waals surface area (Å²) in [5.74, 6) is -0.0420. The van der Waals surface area contributed by atoms with Gasteiger partial charge < -0.3 is 25.0 Å². The molecule has 12 nitrogen and oxygen atoms in total. The molecular formula is C31H37F3N6O6S. The molecule has 0 aliphatic carbocycles. The fourth-order valence-corrected chi connectivity index (χ4v) is 6.07. The summed E-state index contributed by atoms with van der Waals surface area (Å²) < 4.78 is 78.3. The smallest absolute Gasteiger partial charge is 0.416 e. The van der Waals surface area contributed by atoms with Crippen molar-refractivity contribution in [3.05, 3.63) is 72.1 Å². The minimum absolute atomic E-state index is 0.0186. The molecule has 2 aromatic carbocycles. The Bertz CT molecular complexity index is 1800. The molecule has 0 saturated carbocycles. The Morgan fingerprint density at radius 2 is 1.85 bits per heavy atom. The molecule has 3 N–H and O–H groups in total. The zero-order valence-corrected chi connectivity index (χ0v) is 27.3. The fourth-order valence-electron chi connectivity index (χ4n) is 4.98. The lowest BCUT2D eigenvalue weighted by Crippen LogP contribution is -2.45. The van der Waals surface area contributed by atoms with Crippen LogP contribution in [-0.4, -0.2) is 84.8 Å². The van der Waals surface area contributed by atoms with Gasteiger partial charge in [-0.05, 0) is 69.7 Å². The van der Waals surface area contributed by atoms with Crippen LogP contribution < -0.4 is 15.4 Å². The van der Waals surface area contributed by atoms with Crippen LogP contribution in [0, 0.1) is 5.41 Å². The second-order valence-corrected chi connectivity index (χ2v) is 13.9. The Morgan fingerprint density at radius 3 is 2.49 bits per heavy atom. The van der Waals surface area contributed by atoms with E-state index in [1.54, 1.807) is 46.0 Å². The summed E-state index contributed by atoms with van der Waals surface area (Å²) in [6.07, 6.45) is -0.779. The highest BCUT2D eigenvalue weighted by atomic mass is 32.2. The maximum absolute atomic E-state index is 13.1. The number of nitrogens with zero attached hydrogens (tertiary/aromatic N) is 3. The molecule has 1 unspecified atom stereocenters. The summed E-state index contributed by atoms with van der Waals surface area (Å²) in [5, 5.41) is 14.3. The number of ether oxygens (including phenoxy) is 2. The highest BCUT2D eigenvalue weighted by Crippen LogP contribution is 2.31. The topological polar surface area (TPSA) is 146 Å². The summed E-state index contributed by atoms with van der Waals surface area (Å²) in [4.78, 5) is 26.8. The van der Waals surface area contributed by atoms with Crippen LogP contribution in [0.15, 0.2) is 66.5 Å². The Kier molecular flexibility index (Phi) is 10.3. The van der Waals surface area contributed by atoms with E-state index in [1.807, 2.05) is 0 Å². The van der Waals surface area contributed by atoms with Gasteiger partial charge in [0.2, 0.25) is 15.9 Å². The van der Waals surface area contributed by atoms with E-state index >= 15 is 0 Å². The number of hydrogen-bond donors (Lipinski definition) is 3. The quantitative estimate of drug-likeness (QED) is 0.212. The first-order valence-electron chi connectivity index (χ1n) is 14.5. The van der Waals surface area contributed by atoms with Crippen molar-refractivity contribution in [2.24, 2.45) is 0 Å². The lowest BCUT2D eigenvalue weighted by atomic mass is 10.2. The number of carbonyl (C=O) groups excluding carboxylic acids is 2. The molecular weight excluding hydrogens is 641 g/mol. The molecule has 1 aliphatic rings. The number of fused-ring (bicyclic) bond motifs is 1. The zero-order valence-electron chi connectivity index (χ0n) is 26.5. The molecule has 16 heteroatoms. The number of likely N-dealkylation sites (N-methyl/N-ethyl adjacent to an activating group) is 1. The monoisotopic (exact) mass is 678 g/mol. The van der Waals surface area contributed by atoms with Crippen LogP contribution in [0.5, 0.6) is 5.75 Å². The number of benzene rings is 2. The van der Waals surface area contributed by atoms with Gasteiger partial charge in [0.05, 0.1) is 23.9 Å². The number of alkyl halides is 3. The molecule has 1 aromatic heterocycles. The Morgan fingerprint density at radius 1 is 1.13 bits per heavy atom. The number of anilines is 1. The first-order chi connectivity index (χ1) is 21.8. The minimum Gasteiger partial charge on any atom is -0.444 e. The third-order valence-electron chi connectivity index (χ3n) is 7.15. The number of carbonyl (C=O) groups is 2. The summed E-state index contributed by atoms with van der Waals surface area (Å²) >= 11 is 0. The molecule has 254 valence electrons. The number of hydrogen-bond acceptors (Lipinski definition) is 8. The molecule has 4 rings (SSSR count). The van der Waals surface area contributed by atoms with Gasteiger partial charge in [0.25, 0.3) is 0 Å². The highest BCUT2D eigenvalue weighted by molar-refractivity contribution is 7.88. The number of likely N-dealkylation sites (tertiary alicyclic amines) is 1. The summed E-state index contributed by atoms with van der Waals surface area (Å²) in [5.41, 5.74) is -0.780. The number of amides is 2. The van der Waals surface area contributed by atoms with Crippen molar-refractivity contribution in [3.8, 4) is 5.75 Å². The second-order valence-electron chi connectivity index (χ2n) is 12.0. The molecule has 47 heavy (non-hydrogen) atoms. The van der Waals surface area contributed by atoms with Gasteiger partial charge in [-0.1, -0.05) is 6.07 Å². The van der Waals surface area contributed by atoms with Crippen LogP contribution in [0.3, 0.4) is 0 Å². The molecule has 1 fully saturated rings. The van der Waals surface area contributed by atoms with Crippen LogP contribution in [0.25, 0.3) is 10.9 Å². The summed E-state index contributed by atoms with van der Waals surface area (Å²) in [6, 6.07) is 9.41. The van der Waals surface area contributed by atoms with Crippen LogP contribution >= 0.6 is 0 Å². The number of nitrogens with one attached hydrogen (secondary N) is 3. The zero-order chi connectivity index (χ0) is 34.7. The number of halogens is 3. The van der Waals surface area contributed by atoms with E-state index in [4.69, 9.17) is 14.9 Å². The second kappa shape index (κ2) is 13.7. The molecule has 2 heterocycles. The van der Waals surface area contributed by atoms with E-state index in [9.17, 15) is 31.2 Å². The van der Waals surface area contributed by atoms with Crippen LogP contribution in [-0.2, 0) is 20.9 Å². The Balaban J connectivity index is 1.43. The highest BCUT2D eigenvalue weighted by Gasteiger charge is 2.37. The average molecular weight is 679 g/mol. The average Bonchev–Trinajstić information content (AvgIpc) is 3.61. The van der Waals surface area contributed by atoms with Gasteiger partial charge in [-0.2, -0.15) is 17.5 Å². The lowest BCUT2D eigenvalue weighted by Gasteiger charge is -2.28. The molecule has 1 saturated heterocycles. The normalized spacial score (nSPS) is 16.0. The molecule has 1 atom stereocenters. The Hall–Kier alpha value is -4.57. The summed E-state index contributed by atoms with van der Waals surface area (Å²) in [7, 11) is -2.13. The first-order valence-corrected chi connectivity index (χ1v) is 16.4. The van der Waals surface area contributed by atoms with Gasteiger partial charge in [0.15, 0.2) is 0 Å². The standard InChI is InChI=1S/C31H37F3N6O6S/c1-30(2,3)46-29(42)38-13-12-24(19-38)40(47(5,43)44)18-23(36-4)17-27(35)45-25-9-10-26-20(15-25)11-14-39(26)28(41)37-22-8-6-7-21(16-22)31(32,33)34/h6-11,14-17,24,35-36H,12-13,18-19H2,1-5H3,(H,37,41)/b23-17-,35-27?. The van der Waals surface area contributed by atoms with Crippen molar-refractivity contribution in [2.75, 3.05) is 38.3 Å². The van der Waals surface area contributed by atoms with E-state index in [0.717, 1.165) is 18.4 Å². The van der Waals surface area contributed by atoms with Gasteiger partial charge in [0, 0.05) is 55.2 Å².